The molecule has 1 aromatic heterocycles. The zero-order chi connectivity index (χ0) is 16.6. The van der Waals surface area contributed by atoms with E-state index in [9.17, 15) is 22.3 Å². The predicted molar refractivity (Wildman–Crippen MR) is 77.9 cm³/mol. The minimum Gasteiger partial charge on any atom is -0.392 e. The summed E-state index contributed by atoms with van der Waals surface area (Å²) in [4.78, 5) is 3.77. The summed E-state index contributed by atoms with van der Waals surface area (Å²) in [6.45, 7) is -0.110. The van der Waals surface area contributed by atoms with E-state index in [4.69, 9.17) is 0 Å². The molecule has 1 aromatic carbocycles. The third kappa shape index (κ3) is 2.97. The highest BCUT2D eigenvalue weighted by Gasteiger charge is 2.40. The first-order valence-electron chi connectivity index (χ1n) is 6.94. The van der Waals surface area contributed by atoms with Gasteiger partial charge in [-0.1, -0.05) is 6.07 Å². The Bertz CT molecular complexity index is 815. The number of benzene rings is 1. The van der Waals surface area contributed by atoms with Gasteiger partial charge in [-0.15, -0.1) is 0 Å². The first kappa shape index (κ1) is 16.0. The lowest BCUT2D eigenvalue weighted by atomic mass is 10.0. The van der Waals surface area contributed by atoms with Crippen LogP contribution < -0.4 is 0 Å². The number of sulfonamides is 1. The van der Waals surface area contributed by atoms with Gasteiger partial charge in [-0.3, -0.25) is 4.98 Å². The fourth-order valence-electron chi connectivity index (χ4n) is 2.71. The first-order chi connectivity index (χ1) is 10.9. The van der Waals surface area contributed by atoms with Crippen LogP contribution in [-0.2, 0) is 10.0 Å². The lowest BCUT2D eigenvalue weighted by Gasteiger charge is -2.24. The zero-order valence-electron chi connectivity index (χ0n) is 11.9. The molecule has 2 aromatic rings. The molecule has 2 atom stereocenters. The summed E-state index contributed by atoms with van der Waals surface area (Å²) in [6, 6.07) is 5.37. The number of β-amino-alcohol motifs (C(OH)–C–C–N with tert-alkyl or cyclic N) is 1. The van der Waals surface area contributed by atoms with Crippen LogP contribution >= 0.6 is 0 Å². The Balaban J connectivity index is 2.01. The molecule has 0 unspecified atom stereocenters. The fraction of sp³-hybridized carbons (Fsp3) is 0.267. The number of pyridine rings is 1. The van der Waals surface area contributed by atoms with Crippen LogP contribution in [0.25, 0.3) is 0 Å². The van der Waals surface area contributed by atoms with Crippen molar-refractivity contribution in [1.82, 2.24) is 9.29 Å². The molecular weight excluding hydrogens is 326 g/mol. The van der Waals surface area contributed by atoms with Crippen molar-refractivity contribution in [1.29, 1.82) is 0 Å². The van der Waals surface area contributed by atoms with E-state index in [1.807, 2.05) is 0 Å². The van der Waals surface area contributed by atoms with Gasteiger partial charge in [0, 0.05) is 18.9 Å². The predicted octanol–water partition coefficient (Wildman–Crippen LogP) is 1.86. The Morgan fingerprint density at radius 2 is 2.00 bits per heavy atom. The molecule has 1 fully saturated rings. The SMILES string of the molecule is O=S(=O)(c1cccnc1)N1C[C@H](O)C[C@@H]1c1ccc(F)c(F)c1. The van der Waals surface area contributed by atoms with Crippen LogP contribution in [0.1, 0.15) is 18.0 Å². The summed E-state index contributed by atoms with van der Waals surface area (Å²) in [5.74, 6) is -2.06. The highest BCUT2D eigenvalue weighted by atomic mass is 32.2. The summed E-state index contributed by atoms with van der Waals surface area (Å²) < 4.78 is 53.1. The normalized spacial score (nSPS) is 22.4. The highest BCUT2D eigenvalue weighted by molar-refractivity contribution is 7.89. The summed E-state index contributed by atoms with van der Waals surface area (Å²) >= 11 is 0. The molecular formula is C15H14F2N2O3S. The molecule has 2 heterocycles. The summed E-state index contributed by atoms with van der Waals surface area (Å²) in [5, 5.41) is 9.88. The van der Waals surface area contributed by atoms with Gasteiger partial charge in [-0.2, -0.15) is 4.31 Å². The fourth-order valence-corrected chi connectivity index (χ4v) is 4.33. The van der Waals surface area contributed by atoms with Crippen LogP contribution in [0.4, 0.5) is 8.78 Å². The van der Waals surface area contributed by atoms with Crippen LogP contribution in [-0.4, -0.2) is 35.5 Å². The lowest BCUT2D eigenvalue weighted by Crippen LogP contribution is -2.32. The van der Waals surface area contributed by atoms with Gasteiger partial charge in [0.15, 0.2) is 11.6 Å². The third-order valence-electron chi connectivity index (χ3n) is 3.80. The Kier molecular flexibility index (Phi) is 4.13. The minimum atomic E-state index is -3.90. The van der Waals surface area contributed by atoms with Crippen molar-refractivity contribution < 1.29 is 22.3 Å². The minimum absolute atomic E-state index is 0.0123. The third-order valence-corrected chi connectivity index (χ3v) is 5.66. The van der Waals surface area contributed by atoms with E-state index < -0.39 is 33.8 Å². The maximum Gasteiger partial charge on any atom is 0.245 e. The number of aliphatic hydroxyl groups excluding tert-OH is 1. The van der Waals surface area contributed by atoms with Crippen molar-refractivity contribution >= 4 is 10.0 Å². The number of aliphatic hydroxyl groups is 1. The number of hydrogen-bond acceptors (Lipinski definition) is 4. The molecule has 1 saturated heterocycles. The van der Waals surface area contributed by atoms with Gasteiger partial charge >= 0.3 is 0 Å². The molecule has 3 rings (SSSR count). The summed E-state index contributed by atoms with van der Waals surface area (Å²) in [7, 11) is -3.90. The van der Waals surface area contributed by atoms with Gasteiger partial charge in [0.05, 0.1) is 12.1 Å². The van der Waals surface area contributed by atoms with Gasteiger partial charge < -0.3 is 5.11 Å². The molecule has 0 aliphatic carbocycles. The molecule has 0 saturated carbocycles. The molecule has 1 aliphatic heterocycles. The van der Waals surface area contributed by atoms with Gasteiger partial charge in [0.25, 0.3) is 0 Å². The molecule has 1 aliphatic rings. The van der Waals surface area contributed by atoms with Crippen molar-refractivity contribution in [3.05, 3.63) is 59.9 Å². The van der Waals surface area contributed by atoms with Crippen molar-refractivity contribution in [2.24, 2.45) is 0 Å². The number of nitrogens with zero attached hydrogens (tertiary/aromatic N) is 2. The molecule has 122 valence electrons. The Hall–Kier alpha value is -1.90. The molecule has 0 amide bonds. The van der Waals surface area contributed by atoms with Crippen molar-refractivity contribution in [2.75, 3.05) is 6.54 Å². The second kappa shape index (κ2) is 5.95. The smallest absolute Gasteiger partial charge is 0.245 e. The van der Waals surface area contributed by atoms with Gasteiger partial charge in [-0.05, 0) is 36.2 Å². The average Bonchev–Trinajstić information content (AvgIpc) is 2.94. The van der Waals surface area contributed by atoms with Gasteiger partial charge in [-0.25, -0.2) is 17.2 Å². The molecule has 1 N–H and O–H groups in total. The van der Waals surface area contributed by atoms with E-state index in [-0.39, 0.29) is 17.9 Å². The van der Waals surface area contributed by atoms with Crippen LogP contribution in [0.15, 0.2) is 47.6 Å². The second-order valence-corrected chi connectivity index (χ2v) is 7.23. The Morgan fingerprint density at radius 1 is 1.22 bits per heavy atom. The maximum absolute atomic E-state index is 13.5. The van der Waals surface area contributed by atoms with Crippen LogP contribution in [0.3, 0.4) is 0 Å². The van der Waals surface area contributed by atoms with Crippen molar-refractivity contribution in [3.63, 3.8) is 0 Å². The van der Waals surface area contributed by atoms with E-state index in [0.717, 1.165) is 16.4 Å². The van der Waals surface area contributed by atoms with Crippen molar-refractivity contribution in [3.8, 4) is 0 Å². The largest absolute Gasteiger partial charge is 0.392 e. The Morgan fingerprint density at radius 3 is 2.65 bits per heavy atom. The number of hydrogen-bond donors (Lipinski definition) is 1. The Labute approximate surface area is 132 Å². The van der Waals surface area contributed by atoms with E-state index in [0.29, 0.717) is 5.56 Å². The van der Waals surface area contributed by atoms with Crippen molar-refractivity contribution in [2.45, 2.75) is 23.5 Å². The monoisotopic (exact) mass is 340 g/mol. The molecule has 0 spiro atoms. The number of halogens is 2. The van der Waals surface area contributed by atoms with Gasteiger partial charge in [0.1, 0.15) is 4.90 Å². The molecule has 0 bridgehead atoms. The molecule has 23 heavy (non-hydrogen) atoms. The summed E-state index contributed by atoms with van der Waals surface area (Å²) in [5.41, 5.74) is 0.299. The van der Waals surface area contributed by atoms with E-state index in [1.54, 1.807) is 0 Å². The number of rotatable bonds is 3. The first-order valence-corrected chi connectivity index (χ1v) is 8.38. The standard InChI is InChI=1S/C15H14F2N2O3S/c16-13-4-3-10(6-14(13)17)15-7-11(20)9-19(15)23(21,22)12-2-1-5-18-8-12/h1-6,8,11,15,20H,7,9H2/t11-,15-/m1/s1. The zero-order valence-corrected chi connectivity index (χ0v) is 12.7. The van der Waals surface area contributed by atoms with Crippen LogP contribution in [0.5, 0.6) is 0 Å². The molecule has 0 radical (unpaired) electrons. The van der Waals surface area contributed by atoms with Gasteiger partial charge in [0.2, 0.25) is 10.0 Å². The van der Waals surface area contributed by atoms with E-state index in [2.05, 4.69) is 4.98 Å². The van der Waals surface area contributed by atoms with Crippen LogP contribution in [0.2, 0.25) is 0 Å². The van der Waals surface area contributed by atoms with E-state index >= 15 is 0 Å². The molecule has 8 heteroatoms. The second-order valence-electron chi connectivity index (χ2n) is 5.34. The average molecular weight is 340 g/mol. The lowest BCUT2D eigenvalue weighted by molar-refractivity contribution is 0.188. The van der Waals surface area contributed by atoms with Crippen LogP contribution in [0, 0.1) is 11.6 Å². The maximum atomic E-state index is 13.5. The number of aromatic nitrogens is 1. The molecule has 5 nitrogen and oxygen atoms in total. The van der Waals surface area contributed by atoms with E-state index in [1.165, 1.54) is 30.6 Å². The quantitative estimate of drug-likeness (QED) is 0.926. The summed E-state index contributed by atoms with van der Waals surface area (Å²) in [6.07, 6.45) is 1.90. The topological polar surface area (TPSA) is 70.5 Å². The highest BCUT2D eigenvalue weighted by Crippen LogP contribution is 2.36.